The molecule has 0 amide bonds. The highest BCUT2D eigenvalue weighted by Gasteiger charge is 2.12. The van der Waals surface area contributed by atoms with Crippen LogP contribution in [0.3, 0.4) is 0 Å². The second-order valence-electron chi connectivity index (χ2n) is 4.31. The van der Waals surface area contributed by atoms with E-state index in [1.807, 2.05) is 20.8 Å². The molecule has 0 saturated carbocycles. The van der Waals surface area contributed by atoms with E-state index >= 15 is 0 Å². The van der Waals surface area contributed by atoms with Crippen LogP contribution in [-0.2, 0) is 0 Å². The first-order valence-electron chi connectivity index (χ1n) is 5.35. The molecule has 86 valence electrons. The van der Waals surface area contributed by atoms with E-state index in [0.29, 0.717) is 12.5 Å². The Balaban J connectivity index is 2.39. The molecule has 0 aromatic carbocycles. The summed E-state index contributed by atoms with van der Waals surface area (Å²) in [5, 5.41) is 13.0. The van der Waals surface area contributed by atoms with Gasteiger partial charge in [-0.25, -0.2) is 0 Å². The van der Waals surface area contributed by atoms with Gasteiger partial charge in [0.05, 0.1) is 11.8 Å². The fraction of sp³-hybridized carbons (Fsp3) is 0.727. The maximum atomic E-state index is 9.65. The minimum Gasteiger partial charge on any atom is -0.392 e. The van der Waals surface area contributed by atoms with Crippen LogP contribution in [0.5, 0.6) is 0 Å². The van der Waals surface area contributed by atoms with Crippen LogP contribution in [0.4, 0.5) is 0 Å². The number of aliphatic hydroxyl groups excluding tert-OH is 1. The maximum absolute atomic E-state index is 9.65. The Morgan fingerprint density at radius 3 is 2.60 bits per heavy atom. The molecule has 0 aliphatic rings. The van der Waals surface area contributed by atoms with Crippen LogP contribution in [0.2, 0.25) is 0 Å². The molecule has 0 aliphatic carbocycles. The summed E-state index contributed by atoms with van der Waals surface area (Å²) < 4.78 is 4.24. The summed E-state index contributed by atoms with van der Waals surface area (Å²) in [6, 6.07) is 2.36. The zero-order valence-electron chi connectivity index (χ0n) is 9.82. The van der Waals surface area contributed by atoms with Crippen LogP contribution >= 0.6 is 11.5 Å². The molecule has 3 nitrogen and oxygen atoms in total. The van der Waals surface area contributed by atoms with Gasteiger partial charge in [0.2, 0.25) is 0 Å². The van der Waals surface area contributed by atoms with Crippen LogP contribution in [-0.4, -0.2) is 22.1 Å². The summed E-state index contributed by atoms with van der Waals surface area (Å²) in [6.07, 6.45) is -0.276. The molecule has 0 spiro atoms. The highest BCUT2D eigenvalue weighted by atomic mass is 32.1. The van der Waals surface area contributed by atoms with Gasteiger partial charge < -0.3 is 10.4 Å². The maximum Gasteiger partial charge on any atom is 0.0687 e. The van der Waals surface area contributed by atoms with Crippen LogP contribution in [0, 0.1) is 12.8 Å². The number of nitrogens with one attached hydrogen (secondary N) is 1. The summed E-state index contributed by atoms with van der Waals surface area (Å²) in [4.78, 5) is 1.23. The van der Waals surface area contributed by atoms with Crippen molar-refractivity contribution in [3.8, 4) is 0 Å². The largest absolute Gasteiger partial charge is 0.392 e. The lowest BCUT2D eigenvalue weighted by atomic mass is 10.1. The number of aryl methyl sites for hydroxylation is 1. The molecule has 4 heteroatoms. The Hall–Kier alpha value is -0.450. The molecule has 15 heavy (non-hydrogen) atoms. The third-order valence-corrected chi connectivity index (χ3v) is 3.54. The third kappa shape index (κ3) is 3.89. The number of hydrogen-bond acceptors (Lipinski definition) is 4. The molecule has 0 fully saturated rings. The summed E-state index contributed by atoms with van der Waals surface area (Å²) in [5.41, 5.74) is 1.06. The Kier molecular flexibility index (Phi) is 4.70. The second-order valence-corrected chi connectivity index (χ2v) is 5.15. The molecule has 0 radical (unpaired) electrons. The van der Waals surface area contributed by atoms with E-state index in [0.717, 1.165) is 5.69 Å². The van der Waals surface area contributed by atoms with Crippen molar-refractivity contribution < 1.29 is 5.11 Å². The van der Waals surface area contributed by atoms with Crippen molar-refractivity contribution in [1.29, 1.82) is 0 Å². The molecule has 2 N–H and O–H groups in total. The molecule has 1 heterocycles. The third-order valence-electron chi connectivity index (χ3n) is 2.48. The minimum absolute atomic E-state index is 0.268. The van der Waals surface area contributed by atoms with Crippen molar-refractivity contribution in [3.05, 3.63) is 16.6 Å². The van der Waals surface area contributed by atoms with E-state index in [2.05, 4.69) is 22.7 Å². The second kappa shape index (κ2) is 5.58. The van der Waals surface area contributed by atoms with Crippen molar-refractivity contribution in [2.45, 2.75) is 39.8 Å². The molecule has 0 aliphatic heterocycles. The molecular formula is C11H20N2OS. The van der Waals surface area contributed by atoms with Gasteiger partial charge in [0.25, 0.3) is 0 Å². The van der Waals surface area contributed by atoms with E-state index in [9.17, 15) is 5.11 Å². The van der Waals surface area contributed by atoms with E-state index < -0.39 is 0 Å². The van der Waals surface area contributed by atoms with Crippen LogP contribution < -0.4 is 5.32 Å². The first-order valence-corrected chi connectivity index (χ1v) is 6.12. The summed E-state index contributed by atoms with van der Waals surface area (Å²) >= 11 is 1.52. The molecule has 2 atom stereocenters. The molecular weight excluding hydrogens is 208 g/mol. The van der Waals surface area contributed by atoms with Gasteiger partial charge in [0.15, 0.2) is 0 Å². The predicted octanol–water partition coefficient (Wildman–Crippen LogP) is 2.12. The Labute approximate surface area is 95.7 Å². The minimum atomic E-state index is -0.276. The summed E-state index contributed by atoms with van der Waals surface area (Å²) in [6.45, 7) is 8.77. The average molecular weight is 228 g/mol. The number of rotatable bonds is 5. The van der Waals surface area contributed by atoms with E-state index in [1.54, 1.807) is 0 Å². The van der Waals surface area contributed by atoms with Gasteiger partial charge in [-0.05, 0) is 37.4 Å². The topological polar surface area (TPSA) is 45.1 Å². The zero-order valence-corrected chi connectivity index (χ0v) is 10.6. The van der Waals surface area contributed by atoms with Crippen molar-refractivity contribution in [3.63, 3.8) is 0 Å². The van der Waals surface area contributed by atoms with E-state index in [-0.39, 0.29) is 12.1 Å². The van der Waals surface area contributed by atoms with Crippen LogP contribution in [0.25, 0.3) is 0 Å². The molecule has 1 aromatic rings. The number of aliphatic hydroxyl groups is 1. The van der Waals surface area contributed by atoms with Gasteiger partial charge in [-0.2, -0.15) is 4.37 Å². The highest BCUT2D eigenvalue weighted by molar-refractivity contribution is 7.05. The predicted molar refractivity (Wildman–Crippen MR) is 64.1 cm³/mol. The highest BCUT2D eigenvalue weighted by Crippen LogP contribution is 2.18. The van der Waals surface area contributed by atoms with Crippen molar-refractivity contribution >= 4 is 11.5 Å². The van der Waals surface area contributed by atoms with Gasteiger partial charge in [-0.3, -0.25) is 0 Å². The lowest BCUT2D eigenvalue weighted by Crippen LogP contribution is -2.31. The summed E-state index contributed by atoms with van der Waals surface area (Å²) in [7, 11) is 0. The fourth-order valence-electron chi connectivity index (χ4n) is 1.22. The lowest BCUT2D eigenvalue weighted by Gasteiger charge is -2.18. The molecule has 0 bridgehead atoms. The first-order chi connectivity index (χ1) is 7.00. The monoisotopic (exact) mass is 228 g/mol. The zero-order chi connectivity index (χ0) is 11.4. The van der Waals surface area contributed by atoms with Crippen molar-refractivity contribution in [2.24, 2.45) is 5.92 Å². The van der Waals surface area contributed by atoms with Crippen LogP contribution in [0.1, 0.15) is 37.4 Å². The van der Waals surface area contributed by atoms with Gasteiger partial charge in [-0.1, -0.05) is 13.8 Å². The molecule has 1 rings (SSSR count). The summed E-state index contributed by atoms with van der Waals surface area (Å²) in [5.74, 6) is 0.299. The van der Waals surface area contributed by atoms with Gasteiger partial charge in [0.1, 0.15) is 0 Å². The Bertz CT molecular complexity index is 299. The number of aromatic nitrogens is 1. The molecule has 2 unspecified atom stereocenters. The molecule has 0 saturated heterocycles. The van der Waals surface area contributed by atoms with E-state index in [1.165, 1.54) is 16.4 Å². The fourth-order valence-corrected chi connectivity index (χ4v) is 1.99. The smallest absolute Gasteiger partial charge is 0.0687 e. The standard InChI is InChI=1S/C11H20N2OS/c1-7(2)10(14)6-12-9(4)11-5-8(3)13-15-11/h5,7,9-10,12,14H,6H2,1-4H3. The van der Waals surface area contributed by atoms with Gasteiger partial charge in [0, 0.05) is 17.5 Å². The quantitative estimate of drug-likeness (QED) is 0.811. The molecule has 1 aromatic heterocycles. The number of nitrogens with zero attached hydrogens (tertiary/aromatic N) is 1. The van der Waals surface area contributed by atoms with Crippen LogP contribution in [0.15, 0.2) is 6.07 Å². The average Bonchev–Trinajstić information content (AvgIpc) is 2.60. The lowest BCUT2D eigenvalue weighted by molar-refractivity contribution is 0.121. The van der Waals surface area contributed by atoms with Gasteiger partial charge >= 0.3 is 0 Å². The SMILES string of the molecule is Cc1cc(C(C)NCC(O)C(C)C)sn1. The first kappa shape index (κ1) is 12.6. The van der Waals surface area contributed by atoms with Crippen molar-refractivity contribution in [1.82, 2.24) is 9.69 Å². The van der Waals surface area contributed by atoms with Crippen molar-refractivity contribution in [2.75, 3.05) is 6.54 Å². The Morgan fingerprint density at radius 1 is 1.47 bits per heavy atom. The number of hydrogen-bond donors (Lipinski definition) is 2. The van der Waals surface area contributed by atoms with Gasteiger partial charge in [-0.15, -0.1) is 0 Å². The normalized spacial score (nSPS) is 15.6. The Morgan fingerprint density at radius 2 is 2.13 bits per heavy atom. The van der Waals surface area contributed by atoms with E-state index in [4.69, 9.17) is 0 Å².